The minimum absolute atomic E-state index is 0. The monoisotopic (exact) mass is 536 g/mol. The van der Waals surface area contributed by atoms with Gasteiger partial charge in [0.05, 0.1) is 32.9 Å². The van der Waals surface area contributed by atoms with Gasteiger partial charge in [0.25, 0.3) is 0 Å². The molecule has 1 aliphatic heterocycles. The number of unbranched alkanes of at least 4 members (excludes halogenated alkanes) is 1. The number of aliphatic imine (C=N–C) groups is 1. The van der Waals surface area contributed by atoms with Crippen molar-refractivity contribution in [2.45, 2.75) is 25.8 Å². The van der Waals surface area contributed by atoms with Gasteiger partial charge in [0.1, 0.15) is 5.75 Å². The zero-order valence-corrected chi connectivity index (χ0v) is 21.1. The minimum atomic E-state index is 0. The average Bonchev–Trinajstić information content (AvgIpc) is 2.75. The van der Waals surface area contributed by atoms with Crippen molar-refractivity contribution in [1.29, 1.82) is 0 Å². The van der Waals surface area contributed by atoms with Crippen molar-refractivity contribution >= 4 is 41.7 Å². The van der Waals surface area contributed by atoms with Gasteiger partial charge in [0.15, 0.2) is 5.96 Å². The van der Waals surface area contributed by atoms with Crippen molar-refractivity contribution in [1.82, 2.24) is 15.5 Å². The molecule has 0 aliphatic carbocycles. The lowest BCUT2D eigenvalue weighted by Gasteiger charge is -2.34. The SMILES string of the molecule is CCNC(=NCC(c1ccc(OC)cc1)N1CCOCC1)NCCCCSC.I. The van der Waals surface area contributed by atoms with E-state index < -0.39 is 0 Å². The largest absolute Gasteiger partial charge is 0.497 e. The molecule has 0 saturated carbocycles. The Hall–Kier alpha value is -0.710. The molecule has 0 aromatic heterocycles. The van der Waals surface area contributed by atoms with E-state index in [1.54, 1.807) is 7.11 Å². The molecule has 1 aromatic rings. The highest BCUT2D eigenvalue weighted by Crippen LogP contribution is 2.24. The number of nitrogens with one attached hydrogen (secondary N) is 2. The summed E-state index contributed by atoms with van der Waals surface area (Å²) in [7, 11) is 1.70. The maximum absolute atomic E-state index is 5.55. The number of ether oxygens (including phenoxy) is 2. The highest BCUT2D eigenvalue weighted by Gasteiger charge is 2.22. The van der Waals surface area contributed by atoms with E-state index in [2.05, 4.69) is 40.8 Å². The van der Waals surface area contributed by atoms with Crippen LogP contribution in [0.15, 0.2) is 29.3 Å². The number of thioether (sulfide) groups is 1. The third kappa shape index (κ3) is 9.76. The van der Waals surface area contributed by atoms with Gasteiger partial charge in [-0.3, -0.25) is 9.89 Å². The number of benzene rings is 1. The lowest BCUT2D eigenvalue weighted by atomic mass is 10.0. The highest BCUT2D eigenvalue weighted by atomic mass is 127. The van der Waals surface area contributed by atoms with Crippen LogP contribution in [-0.2, 0) is 4.74 Å². The third-order valence-electron chi connectivity index (χ3n) is 4.82. The quantitative estimate of drug-likeness (QED) is 0.196. The van der Waals surface area contributed by atoms with Crippen LogP contribution in [0.5, 0.6) is 5.75 Å². The van der Waals surface area contributed by atoms with Crippen LogP contribution in [0.4, 0.5) is 0 Å². The summed E-state index contributed by atoms with van der Waals surface area (Å²) in [6.07, 6.45) is 4.55. The molecule has 1 saturated heterocycles. The summed E-state index contributed by atoms with van der Waals surface area (Å²) >= 11 is 1.90. The van der Waals surface area contributed by atoms with E-state index in [0.29, 0.717) is 6.54 Å². The summed E-state index contributed by atoms with van der Waals surface area (Å²) in [6.45, 7) is 8.07. The summed E-state index contributed by atoms with van der Waals surface area (Å²) in [5, 5.41) is 6.85. The van der Waals surface area contributed by atoms with Gasteiger partial charge in [-0.2, -0.15) is 11.8 Å². The van der Waals surface area contributed by atoms with E-state index in [4.69, 9.17) is 14.5 Å². The summed E-state index contributed by atoms with van der Waals surface area (Å²) in [5.41, 5.74) is 1.27. The number of rotatable bonds is 11. The van der Waals surface area contributed by atoms with Crippen molar-refractivity contribution < 1.29 is 9.47 Å². The molecule has 1 unspecified atom stereocenters. The van der Waals surface area contributed by atoms with E-state index >= 15 is 0 Å². The predicted molar refractivity (Wildman–Crippen MR) is 135 cm³/mol. The number of hydrogen-bond donors (Lipinski definition) is 2. The van der Waals surface area contributed by atoms with Crippen LogP contribution in [0.3, 0.4) is 0 Å². The van der Waals surface area contributed by atoms with Crippen LogP contribution < -0.4 is 15.4 Å². The molecular weight excluding hydrogens is 499 g/mol. The molecule has 1 heterocycles. The highest BCUT2D eigenvalue weighted by molar-refractivity contribution is 14.0. The van der Waals surface area contributed by atoms with Gasteiger partial charge in [-0.05, 0) is 49.5 Å². The first-order valence-corrected chi connectivity index (χ1v) is 11.6. The Bertz CT molecular complexity index is 568. The van der Waals surface area contributed by atoms with Gasteiger partial charge < -0.3 is 20.1 Å². The fourth-order valence-corrected chi connectivity index (χ4v) is 3.74. The standard InChI is InChI=1S/C21H36N4O2S.HI/c1-4-22-21(23-11-5-6-16-28-3)24-17-20(25-12-14-27-15-13-25)18-7-9-19(26-2)10-8-18;/h7-10,20H,4-6,11-17H2,1-3H3,(H2,22,23,24);1H. The molecule has 8 heteroatoms. The van der Waals surface area contributed by atoms with Crippen molar-refractivity contribution in [3.05, 3.63) is 29.8 Å². The normalized spacial score (nSPS) is 16.0. The van der Waals surface area contributed by atoms with Gasteiger partial charge >= 0.3 is 0 Å². The Balaban J connectivity index is 0.00000420. The third-order valence-corrected chi connectivity index (χ3v) is 5.52. The first-order chi connectivity index (χ1) is 13.8. The van der Waals surface area contributed by atoms with E-state index in [9.17, 15) is 0 Å². The molecule has 166 valence electrons. The van der Waals surface area contributed by atoms with Crippen LogP contribution in [0, 0.1) is 0 Å². The molecule has 0 bridgehead atoms. The second-order valence-corrected chi connectivity index (χ2v) is 7.77. The average molecular weight is 537 g/mol. The zero-order valence-electron chi connectivity index (χ0n) is 18.0. The first-order valence-electron chi connectivity index (χ1n) is 10.2. The maximum Gasteiger partial charge on any atom is 0.191 e. The number of halogens is 1. The number of guanidine groups is 1. The summed E-state index contributed by atoms with van der Waals surface area (Å²) in [6, 6.07) is 8.60. The minimum Gasteiger partial charge on any atom is -0.497 e. The van der Waals surface area contributed by atoms with Crippen molar-refractivity contribution in [3.63, 3.8) is 0 Å². The molecule has 2 rings (SSSR count). The van der Waals surface area contributed by atoms with E-state index in [1.165, 1.54) is 17.7 Å². The van der Waals surface area contributed by atoms with Gasteiger partial charge in [-0.15, -0.1) is 24.0 Å². The van der Waals surface area contributed by atoms with Crippen LogP contribution in [0.1, 0.15) is 31.4 Å². The lowest BCUT2D eigenvalue weighted by molar-refractivity contribution is 0.0179. The molecule has 6 nitrogen and oxygen atoms in total. The van der Waals surface area contributed by atoms with Crippen molar-refractivity contribution in [3.8, 4) is 5.75 Å². The summed E-state index contributed by atoms with van der Waals surface area (Å²) < 4.78 is 10.9. The number of hydrogen-bond acceptors (Lipinski definition) is 5. The van der Waals surface area contributed by atoms with E-state index in [1.807, 2.05) is 23.9 Å². The zero-order chi connectivity index (χ0) is 20.0. The number of morpholine rings is 1. The Morgan fingerprint density at radius 2 is 1.93 bits per heavy atom. The molecule has 1 atom stereocenters. The molecule has 29 heavy (non-hydrogen) atoms. The van der Waals surface area contributed by atoms with Gasteiger partial charge in [0.2, 0.25) is 0 Å². The van der Waals surface area contributed by atoms with E-state index in [-0.39, 0.29) is 30.0 Å². The molecule has 1 fully saturated rings. The summed E-state index contributed by atoms with van der Waals surface area (Å²) in [5.74, 6) is 3.00. The Morgan fingerprint density at radius 3 is 2.55 bits per heavy atom. The summed E-state index contributed by atoms with van der Waals surface area (Å²) in [4.78, 5) is 7.37. The molecule has 1 aromatic carbocycles. The fraction of sp³-hybridized carbons (Fsp3) is 0.667. The molecule has 0 spiro atoms. The Kier molecular flexibility index (Phi) is 14.6. The first kappa shape index (κ1) is 26.3. The Morgan fingerprint density at radius 1 is 1.21 bits per heavy atom. The maximum atomic E-state index is 5.55. The molecular formula is C21H37IN4O2S. The lowest BCUT2D eigenvalue weighted by Crippen LogP contribution is -2.42. The number of methoxy groups -OCH3 is 1. The Labute approximate surface area is 197 Å². The predicted octanol–water partition coefficient (Wildman–Crippen LogP) is 3.38. The topological polar surface area (TPSA) is 58.1 Å². The van der Waals surface area contributed by atoms with Gasteiger partial charge in [-0.1, -0.05) is 12.1 Å². The van der Waals surface area contributed by atoms with Crippen molar-refractivity contribution in [2.24, 2.45) is 4.99 Å². The van der Waals surface area contributed by atoms with Gasteiger partial charge in [-0.25, -0.2) is 0 Å². The second-order valence-electron chi connectivity index (χ2n) is 6.78. The molecule has 2 N–H and O–H groups in total. The van der Waals surface area contributed by atoms with Gasteiger partial charge in [0, 0.05) is 26.2 Å². The van der Waals surface area contributed by atoms with E-state index in [0.717, 1.165) is 57.5 Å². The fourth-order valence-electron chi connectivity index (χ4n) is 3.24. The smallest absolute Gasteiger partial charge is 0.191 e. The second kappa shape index (κ2) is 16.0. The molecule has 1 aliphatic rings. The van der Waals surface area contributed by atoms with Crippen LogP contribution in [0.25, 0.3) is 0 Å². The van der Waals surface area contributed by atoms with Crippen LogP contribution >= 0.6 is 35.7 Å². The van der Waals surface area contributed by atoms with Crippen molar-refractivity contribution in [2.75, 3.05) is 65.1 Å². The molecule has 0 radical (unpaired) electrons. The van der Waals surface area contributed by atoms with Crippen LogP contribution in [-0.4, -0.2) is 75.9 Å². The number of nitrogens with zero attached hydrogens (tertiary/aromatic N) is 2. The van der Waals surface area contributed by atoms with Crippen LogP contribution in [0.2, 0.25) is 0 Å². The molecule has 0 amide bonds.